The summed E-state index contributed by atoms with van der Waals surface area (Å²) in [6.45, 7) is 18.6. The smallest absolute Gasteiger partial charge is 0.249 e. The Kier molecular flexibility index (Phi) is 15.8. The minimum absolute atomic E-state index is 0.0339. The highest BCUT2D eigenvalue weighted by atomic mass is 16.5. The number of aldehydes is 1. The van der Waals surface area contributed by atoms with Crippen molar-refractivity contribution < 1.29 is 23.9 Å². The third kappa shape index (κ3) is 10.7. The zero-order valence-corrected chi connectivity index (χ0v) is 34.9. The molecule has 2 aromatic carbocycles. The topological polar surface area (TPSA) is 120 Å². The van der Waals surface area contributed by atoms with Crippen LogP contribution in [0.25, 0.3) is 0 Å². The summed E-state index contributed by atoms with van der Waals surface area (Å²) in [5.41, 5.74) is 0.499. The molecule has 2 aromatic rings. The van der Waals surface area contributed by atoms with Crippen molar-refractivity contribution in [3.63, 3.8) is 0 Å². The summed E-state index contributed by atoms with van der Waals surface area (Å²) >= 11 is 0. The average Bonchev–Trinajstić information content (AvgIpc) is 3.61. The van der Waals surface area contributed by atoms with E-state index >= 15 is 0 Å². The van der Waals surface area contributed by atoms with Gasteiger partial charge < -0.3 is 35.3 Å². The van der Waals surface area contributed by atoms with Crippen molar-refractivity contribution in [2.24, 2.45) is 11.3 Å². The van der Waals surface area contributed by atoms with Gasteiger partial charge in [0.15, 0.2) is 0 Å². The van der Waals surface area contributed by atoms with Crippen LogP contribution in [0.2, 0.25) is 0 Å². The van der Waals surface area contributed by atoms with Crippen molar-refractivity contribution in [2.75, 3.05) is 34.3 Å². The van der Waals surface area contributed by atoms with E-state index in [1.165, 1.54) is 5.56 Å². The number of hydrogen-bond acceptors (Lipinski definition) is 7. The molecule has 298 valence electrons. The molecule has 1 aliphatic rings. The number of likely N-dealkylation sites (N-methyl/N-ethyl adjacent to an activating group) is 2. The third-order valence-corrected chi connectivity index (χ3v) is 11.2. The Morgan fingerprint density at radius 1 is 0.963 bits per heavy atom. The van der Waals surface area contributed by atoms with Crippen LogP contribution >= 0.6 is 0 Å². The second kappa shape index (κ2) is 19.1. The molecule has 3 amide bonds. The number of rotatable bonds is 18. The molecule has 0 saturated carbocycles. The molecule has 1 heterocycles. The molecule has 1 saturated heterocycles. The molecule has 3 N–H and O–H groups in total. The lowest BCUT2D eigenvalue weighted by atomic mass is 9.76. The highest BCUT2D eigenvalue weighted by Crippen LogP contribution is 2.31. The average molecular weight is 746 g/mol. The Hall–Kier alpha value is -3.86. The lowest BCUT2D eigenvalue weighted by molar-refractivity contribution is -0.141. The maximum Gasteiger partial charge on any atom is 0.249 e. The lowest BCUT2D eigenvalue weighted by Crippen LogP contribution is -2.62. The molecule has 6 atom stereocenters. The molecule has 10 heteroatoms. The fourth-order valence-electron chi connectivity index (χ4n) is 7.88. The standard InChI is InChI=1S/C44H67N5O5/c1-30(2)35(48(11)41(53)37(42(4,5)6)47-39(51)36(45-10)43(7,8)33-22-17-14-18-23-33)28-31(3)40(52)49-27-19-24-34(49)38(54-12)44(9,29-50)46-26-25-32-20-15-13-16-21-32/h13-18,20-23,28-30,34-38,45-46H,19,24-27H2,1-12H3,(H,47,51)/t34-,35+,36+,37+,38+,44-/m0/s1. The van der Waals surface area contributed by atoms with E-state index in [1.807, 2.05) is 115 Å². The Balaban J connectivity index is 1.82. The van der Waals surface area contributed by atoms with Gasteiger partial charge in [0, 0.05) is 38.2 Å². The Labute approximate surface area is 324 Å². The van der Waals surface area contributed by atoms with Gasteiger partial charge in [-0.3, -0.25) is 14.4 Å². The monoisotopic (exact) mass is 746 g/mol. The van der Waals surface area contributed by atoms with Gasteiger partial charge in [-0.25, -0.2) is 0 Å². The predicted molar refractivity (Wildman–Crippen MR) is 217 cm³/mol. The number of ether oxygens (including phenoxy) is 1. The van der Waals surface area contributed by atoms with Gasteiger partial charge in [0.1, 0.15) is 18.4 Å². The number of likely N-dealkylation sites (tertiary alicyclic amines) is 1. The molecule has 0 aromatic heterocycles. The first-order valence-corrected chi connectivity index (χ1v) is 19.4. The first kappa shape index (κ1) is 44.5. The summed E-state index contributed by atoms with van der Waals surface area (Å²) in [6.07, 6.45) is 4.44. The minimum atomic E-state index is -1.02. The van der Waals surface area contributed by atoms with Gasteiger partial charge in [-0.1, -0.05) is 115 Å². The zero-order valence-electron chi connectivity index (χ0n) is 34.9. The maximum absolute atomic E-state index is 14.4. The number of amides is 3. The van der Waals surface area contributed by atoms with Crippen LogP contribution in [0, 0.1) is 11.3 Å². The molecular weight excluding hydrogens is 679 g/mol. The van der Waals surface area contributed by atoms with E-state index in [-0.39, 0.29) is 29.7 Å². The fraction of sp³-hybridized carbons (Fsp3) is 0.591. The molecule has 0 bridgehead atoms. The number of carbonyl (C=O) groups is 4. The Bertz CT molecular complexity index is 1570. The van der Waals surface area contributed by atoms with Gasteiger partial charge in [0.25, 0.3) is 0 Å². The third-order valence-electron chi connectivity index (χ3n) is 11.2. The second-order valence-electron chi connectivity index (χ2n) is 17.1. The normalized spacial score (nSPS) is 18.7. The highest BCUT2D eigenvalue weighted by molar-refractivity contribution is 5.94. The second-order valence-corrected chi connectivity index (χ2v) is 17.1. The van der Waals surface area contributed by atoms with Gasteiger partial charge >= 0.3 is 0 Å². The SMILES string of the molecule is CN[C@H](C(=O)N[C@H](C(=O)N(C)[C@H](C=C(C)C(=O)N1CCC[C@H]1[C@@H](OC)[C@](C)(C=O)NCCc1ccccc1)C(C)C)C(C)(C)C)C(C)(C)c1ccccc1. The van der Waals surface area contributed by atoms with Gasteiger partial charge in [-0.2, -0.15) is 0 Å². The molecule has 54 heavy (non-hydrogen) atoms. The highest BCUT2D eigenvalue weighted by Gasteiger charge is 2.46. The zero-order chi connectivity index (χ0) is 40.4. The summed E-state index contributed by atoms with van der Waals surface area (Å²) in [5.74, 6) is -0.682. The predicted octanol–water partition coefficient (Wildman–Crippen LogP) is 5.31. The van der Waals surface area contributed by atoms with Crippen LogP contribution in [-0.2, 0) is 35.8 Å². The molecule has 0 radical (unpaired) electrons. The number of nitrogens with one attached hydrogen (secondary N) is 3. The van der Waals surface area contributed by atoms with Crippen molar-refractivity contribution in [1.29, 1.82) is 0 Å². The minimum Gasteiger partial charge on any atom is -0.377 e. The summed E-state index contributed by atoms with van der Waals surface area (Å²) < 4.78 is 6.00. The van der Waals surface area contributed by atoms with Crippen LogP contribution in [0.4, 0.5) is 0 Å². The van der Waals surface area contributed by atoms with Gasteiger partial charge in [0.2, 0.25) is 17.7 Å². The van der Waals surface area contributed by atoms with E-state index in [9.17, 15) is 19.2 Å². The number of methoxy groups -OCH3 is 1. The number of benzene rings is 2. The van der Waals surface area contributed by atoms with Crippen molar-refractivity contribution in [3.8, 4) is 0 Å². The van der Waals surface area contributed by atoms with Crippen LogP contribution in [0.1, 0.15) is 86.3 Å². The summed E-state index contributed by atoms with van der Waals surface area (Å²) in [5, 5.41) is 9.73. The summed E-state index contributed by atoms with van der Waals surface area (Å²) in [7, 11) is 5.10. The molecule has 10 nitrogen and oxygen atoms in total. The van der Waals surface area contributed by atoms with Crippen LogP contribution in [0.15, 0.2) is 72.3 Å². The molecule has 0 aliphatic carbocycles. The number of hydrogen-bond donors (Lipinski definition) is 3. The van der Waals surface area contributed by atoms with Crippen LogP contribution in [0.5, 0.6) is 0 Å². The molecule has 0 spiro atoms. The summed E-state index contributed by atoms with van der Waals surface area (Å²) in [4.78, 5) is 58.7. The number of nitrogens with zero attached hydrogens (tertiary/aromatic N) is 2. The van der Waals surface area contributed by atoms with Gasteiger partial charge in [0.05, 0.1) is 23.7 Å². The van der Waals surface area contributed by atoms with E-state index in [2.05, 4.69) is 28.1 Å². The largest absolute Gasteiger partial charge is 0.377 e. The van der Waals surface area contributed by atoms with Crippen molar-refractivity contribution >= 4 is 24.0 Å². The van der Waals surface area contributed by atoms with Gasteiger partial charge in [-0.05, 0) is 62.6 Å². The fourth-order valence-corrected chi connectivity index (χ4v) is 7.88. The van der Waals surface area contributed by atoms with E-state index in [4.69, 9.17) is 4.74 Å². The number of carbonyl (C=O) groups excluding carboxylic acids is 4. The lowest BCUT2D eigenvalue weighted by Gasteiger charge is -2.41. The van der Waals surface area contributed by atoms with Crippen LogP contribution in [0.3, 0.4) is 0 Å². The van der Waals surface area contributed by atoms with Crippen molar-refractivity contribution in [3.05, 3.63) is 83.4 Å². The van der Waals surface area contributed by atoms with Gasteiger partial charge in [-0.15, -0.1) is 0 Å². The first-order chi connectivity index (χ1) is 25.3. The van der Waals surface area contributed by atoms with Crippen molar-refractivity contribution in [1.82, 2.24) is 25.8 Å². The van der Waals surface area contributed by atoms with Crippen LogP contribution in [-0.4, -0.2) is 104 Å². The Morgan fingerprint density at radius 3 is 2.07 bits per heavy atom. The first-order valence-electron chi connectivity index (χ1n) is 19.4. The molecule has 1 aliphatic heterocycles. The van der Waals surface area contributed by atoms with E-state index in [1.54, 1.807) is 33.0 Å². The van der Waals surface area contributed by atoms with E-state index in [0.29, 0.717) is 25.1 Å². The quantitative estimate of drug-likeness (QED) is 0.140. The summed E-state index contributed by atoms with van der Waals surface area (Å²) in [6, 6.07) is 17.8. The van der Waals surface area contributed by atoms with Crippen molar-refractivity contribution in [2.45, 2.75) is 123 Å². The van der Waals surface area contributed by atoms with E-state index in [0.717, 1.165) is 24.7 Å². The molecule has 3 rings (SSSR count). The van der Waals surface area contributed by atoms with E-state index < -0.39 is 40.6 Å². The molecule has 0 unspecified atom stereocenters. The molecular formula is C44H67N5O5. The van der Waals surface area contributed by atoms with Crippen LogP contribution < -0.4 is 16.0 Å². The molecule has 1 fully saturated rings. The Morgan fingerprint density at radius 2 is 1.56 bits per heavy atom. The maximum atomic E-state index is 14.4.